The van der Waals surface area contributed by atoms with Gasteiger partial charge in [-0.15, -0.1) is 0 Å². The largest absolute Gasteiger partial charge is 0.507 e. The van der Waals surface area contributed by atoms with E-state index in [1.165, 1.54) is 6.07 Å². The van der Waals surface area contributed by atoms with Crippen molar-refractivity contribution in [1.29, 1.82) is 0 Å². The van der Waals surface area contributed by atoms with Crippen molar-refractivity contribution in [3.63, 3.8) is 0 Å². The lowest BCUT2D eigenvalue weighted by molar-refractivity contribution is -0.125. The van der Waals surface area contributed by atoms with E-state index in [9.17, 15) is 14.7 Å². The van der Waals surface area contributed by atoms with Crippen LogP contribution in [0.2, 0.25) is 0 Å². The number of benzene rings is 1. The van der Waals surface area contributed by atoms with Gasteiger partial charge in [0.2, 0.25) is 0 Å². The molecule has 1 aliphatic rings. The van der Waals surface area contributed by atoms with E-state index in [0.29, 0.717) is 19.5 Å². The molecule has 1 aromatic carbocycles. The smallest absolute Gasteiger partial charge is 0.257 e. The van der Waals surface area contributed by atoms with Crippen molar-refractivity contribution in [2.75, 3.05) is 13.1 Å². The number of nitrogens with zero attached hydrogens (tertiary/aromatic N) is 1. The number of piperidine rings is 1. The lowest BCUT2D eigenvalue weighted by Crippen LogP contribution is -2.43. The highest BCUT2D eigenvalue weighted by molar-refractivity contribution is 9.10. The second-order valence-electron chi connectivity index (χ2n) is 4.73. The standard InChI is InChI=1S/C14H16BrNO3/c1-2-9-8-16(6-5-12(9)17)14(19)11-7-10(15)3-4-13(11)18/h3-4,7,9,18H,2,5-6,8H2,1H3. The van der Waals surface area contributed by atoms with Crippen molar-refractivity contribution in [3.8, 4) is 5.75 Å². The highest BCUT2D eigenvalue weighted by Gasteiger charge is 2.29. The van der Waals surface area contributed by atoms with E-state index in [1.807, 2.05) is 6.92 Å². The van der Waals surface area contributed by atoms with Crippen molar-refractivity contribution in [2.24, 2.45) is 5.92 Å². The first-order valence-corrected chi connectivity index (χ1v) is 7.12. The van der Waals surface area contributed by atoms with Gasteiger partial charge in [0, 0.05) is 29.9 Å². The van der Waals surface area contributed by atoms with Crippen LogP contribution in [0.15, 0.2) is 22.7 Å². The van der Waals surface area contributed by atoms with E-state index in [-0.39, 0.29) is 28.9 Å². The molecule has 19 heavy (non-hydrogen) atoms. The first kappa shape index (κ1) is 14.1. The van der Waals surface area contributed by atoms with Crippen LogP contribution in [-0.2, 0) is 4.79 Å². The number of amides is 1. The predicted molar refractivity (Wildman–Crippen MR) is 75.1 cm³/mol. The van der Waals surface area contributed by atoms with Gasteiger partial charge >= 0.3 is 0 Å². The fraction of sp³-hybridized carbons (Fsp3) is 0.429. The quantitative estimate of drug-likeness (QED) is 0.909. The molecule has 5 heteroatoms. The monoisotopic (exact) mass is 325 g/mol. The average molecular weight is 326 g/mol. The van der Waals surface area contributed by atoms with Gasteiger partial charge in [0.1, 0.15) is 11.5 Å². The molecule has 2 rings (SSSR count). The Morgan fingerprint density at radius 3 is 2.95 bits per heavy atom. The lowest BCUT2D eigenvalue weighted by Gasteiger charge is -2.31. The summed E-state index contributed by atoms with van der Waals surface area (Å²) in [6.45, 7) is 2.83. The Labute approximate surface area is 120 Å². The van der Waals surface area contributed by atoms with Crippen molar-refractivity contribution in [2.45, 2.75) is 19.8 Å². The molecule has 1 heterocycles. The van der Waals surface area contributed by atoms with Crippen LogP contribution in [0.1, 0.15) is 30.1 Å². The summed E-state index contributed by atoms with van der Waals surface area (Å²) in [5, 5.41) is 9.78. The zero-order valence-corrected chi connectivity index (χ0v) is 12.3. The molecule has 4 nitrogen and oxygen atoms in total. The Morgan fingerprint density at radius 1 is 1.53 bits per heavy atom. The molecule has 0 aliphatic carbocycles. The summed E-state index contributed by atoms with van der Waals surface area (Å²) in [7, 11) is 0. The number of carbonyl (C=O) groups is 2. The maximum absolute atomic E-state index is 12.4. The van der Waals surface area contributed by atoms with Crippen molar-refractivity contribution < 1.29 is 14.7 Å². The summed E-state index contributed by atoms with van der Waals surface area (Å²) in [6, 6.07) is 4.78. The van der Waals surface area contributed by atoms with E-state index in [0.717, 1.165) is 10.9 Å². The molecule has 1 unspecified atom stereocenters. The minimum absolute atomic E-state index is 0.0295. The number of phenols is 1. The molecule has 1 saturated heterocycles. The maximum Gasteiger partial charge on any atom is 0.257 e. The first-order chi connectivity index (χ1) is 9.02. The number of hydrogen-bond donors (Lipinski definition) is 1. The summed E-state index contributed by atoms with van der Waals surface area (Å²) in [5.41, 5.74) is 0.276. The van der Waals surface area contributed by atoms with Crippen LogP contribution in [-0.4, -0.2) is 34.8 Å². The third-order valence-electron chi connectivity index (χ3n) is 3.49. The minimum atomic E-state index is -0.218. The Balaban J connectivity index is 2.20. The molecule has 0 radical (unpaired) electrons. The Morgan fingerprint density at radius 2 is 2.26 bits per heavy atom. The number of ketones is 1. The lowest BCUT2D eigenvalue weighted by atomic mass is 9.93. The number of likely N-dealkylation sites (tertiary alicyclic amines) is 1. The summed E-state index contributed by atoms with van der Waals surface area (Å²) >= 11 is 3.29. The van der Waals surface area contributed by atoms with Gasteiger partial charge in [0.15, 0.2) is 0 Å². The van der Waals surface area contributed by atoms with E-state index in [2.05, 4.69) is 15.9 Å². The summed E-state index contributed by atoms with van der Waals surface area (Å²) in [6.07, 6.45) is 1.14. The molecule has 1 aromatic rings. The highest BCUT2D eigenvalue weighted by atomic mass is 79.9. The molecule has 1 aliphatic heterocycles. The third-order valence-corrected chi connectivity index (χ3v) is 3.99. The molecular formula is C14H16BrNO3. The molecule has 102 valence electrons. The van der Waals surface area contributed by atoms with E-state index in [4.69, 9.17) is 0 Å². The molecule has 0 saturated carbocycles. The van der Waals surface area contributed by atoms with Crippen molar-refractivity contribution in [1.82, 2.24) is 4.90 Å². The van der Waals surface area contributed by atoms with Crippen LogP contribution >= 0.6 is 15.9 Å². The fourth-order valence-electron chi connectivity index (χ4n) is 2.30. The summed E-state index contributed by atoms with van der Waals surface area (Å²) < 4.78 is 0.744. The topological polar surface area (TPSA) is 57.6 Å². The SMILES string of the molecule is CCC1CN(C(=O)c2cc(Br)ccc2O)CCC1=O. The van der Waals surface area contributed by atoms with Crippen LogP contribution < -0.4 is 0 Å². The summed E-state index contributed by atoms with van der Waals surface area (Å²) in [5.74, 6) is -0.0973. The molecule has 1 fully saturated rings. The average Bonchev–Trinajstić information content (AvgIpc) is 2.41. The van der Waals surface area contributed by atoms with Crippen LogP contribution in [0, 0.1) is 5.92 Å². The van der Waals surface area contributed by atoms with E-state index in [1.54, 1.807) is 17.0 Å². The van der Waals surface area contributed by atoms with Crippen LogP contribution in [0.3, 0.4) is 0 Å². The first-order valence-electron chi connectivity index (χ1n) is 6.33. The molecule has 1 amide bonds. The number of phenolic OH excluding ortho intramolecular Hbond substituents is 1. The van der Waals surface area contributed by atoms with Gasteiger partial charge in [-0.2, -0.15) is 0 Å². The number of carbonyl (C=O) groups excluding carboxylic acids is 2. The Hall–Kier alpha value is -1.36. The van der Waals surface area contributed by atoms with Crippen LogP contribution in [0.4, 0.5) is 0 Å². The normalized spacial score (nSPS) is 19.6. The predicted octanol–water partition coefficient (Wildman–Crippen LogP) is 2.60. The second-order valence-corrected chi connectivity index (χ2v) is 5.65. The van der Waals surface area contributed by atoms with Gasteiger partial charge in [-0.05, 0) is 24.6 Å². The van der Waals surface area contributed by atoms with Crippen molar-refractivity contribution >= 4 is 27.6 Å². The maximum atomic E-state index is 12.4. The van der Waals surface area contributed by atoms with Gasteiger partial charge in [-0.25, -0.2) is 0 Å². The van der Waals surface area contributed by atoms with Gasteiger partial charge in [-0.3, -0.25) is 9.59 Å². The highest BCUT2D eigenvalue weighted by Crippen LogP contribution is 2.25. The number of halogens is 1. The molecule has 1 atom stereocenters. The third kappa shape index (κ3) is 2.97. The number of aromatic hydroxyl groups is 1. The van der Waals surface area contributed by atoms with Gasteiger partial charge in [0.25, 0.3) is 5.91 Å². The van der Waals surface area contributed by atoms with Crippen molar-refractivity contribution in [3.05, 3.63) is 28.2 Å². The minimum Gasteiger partial charge on any atom is -0.507 e. The summed E-state index contributed by atoms with van der Waals surface area (Å²) in [4.78, 5) is 25.7. The fourth-order valence-corrected chi connectivity index (χ4v) is 2.66. The number of Topliss-reactive ketones (excluding diaryl/α,β-unsaturated/α-hetero) is 1. The molecule has 0 aromatic heterocycles. The molecule has 0 spiro atoms. The van der Waals surface area contributed by atoms with Gasteiger partial charge < -0.3 is 10.0 Å². The number of hydrogen-bond acceptors (Lipinski definition) is 3. The second kappa shape index (κ2) is 5.74. The zero-order valence-electron chi connectivity index (χ0n) is 10.7. The molecule has 1 N–H and O–H groups in total. The van der Waals surface area contributed by atoms with Crippen LogP contribution in [0.5, 0.6) is 5.75 Å². The number of rotatable bonds is 2. The van der Waals surface area contributed by atoms with Crippen LogP contribution in [0.25, 0.3) is 0 Å². The van der Waals surface area contributed by atoms with E-state index >= 15 is 0 Å². The van der Waals surface area contributed by atoms with Gasteiger partial charge in [-0.1, -0.05) is 22.9 Å². The Bertz CT molecular complexity index is 515. The van der Waals surface area contributed by atoms with E-state index < -0.39 is 0 Å². The zero-order chi connectivity index (χ0) is 14.0. The van der Waals surface area contributed by atoms with Gasteiger partial charge in [0.05, 0.1) is 5.56 Å². The Kier molecular flexibility index (Phi) is 4.24. The molecule has 0 bridgehead atoms. The molecular weight excluding hydrogens is 310 g/mol.